The van der Waals surface area contributed by atoms with Crippen molar-refractivity contribution in [3.05, 3.63) is 11.5 Å². The second-order valence-electron chi connectivity index (χ2n) is 7.22. The zero-order valence-corrected chi connectivity index (χ0v) is 17.3. The van der Waals surface area contributed by atoms with Crippen LogP contribution in [-0.2, 0) is 16.1 Å². The van der Waals surface area contributed by atoms with Crippen LogP contribution in [0.1, 0.15) is 37.8 Å². The van der Waals surface area contributed by atoms with E-state index in [0.29, 0.717) is 22.6 Å². The summed E-state index contributed by atoms with van der Waals surface area (Å²) in [5.41, 5.74) is 0.104. The van der Waals surface area contributed by atoms with Crippen LogP contribution in [0.5, 0.6) is 0 Å². The Morgan fingerprint density at radius 1 is 1.39 bits per heavy atom. The molecule has 0 radical (unpaired) electrons. The SMILES string of the molecule is CSc1nc(CNC(=O)[C@H](CC2CCCC2)CN(O)C=O)c(F)c(N(C)C)n1. The van der Waals surface area contributed by atoms with Crippen molar-refractivity contribution in [3.63, 3.8) is 0 Å². The van der Waals surface area contributed by atoms with Crippen LogP contribution in [-0.4, -0.2) is 59.5 Å². The number of aromatic nitrogens is 2. The predicted octanol–water partition coefficient (Wildman–Crippen LogP) is 2.06. The molecular formula is C18H28FN5O3S. The average molecular weight is 414 g/mol. The summed E-state index contributed by atoms with van der Waals surface area (Å²) in [6, 6.07) is 0. The smallest absolute Gasteiger partial charge is 0.233 e. The van der Waals surface area contributed by atoms with Gasteiger partial charge in [-0.25, -0.2) is 19.4 Å². The van der Waals surface area contributed by atoms with Crippen LogP contribution in [0.4, 0.5) is 10.2 Å². The molecule has 156 valence electrons. The molecule has 1 aliphatic carbocycles. The Bertz CT molecular complexity index is 685. The highest BCUT2D eigenvalue weighted by molar-refractivity contribution is 7.98. The molecule has 0 unspecified atom stereocenters. The summed E-state index contributed by atoms with van der Waals surface area (Å²) in [7, 11) is 3.37. The van der Waals surface area contributed by atoms with Gasteiger partial charge in [0.15, 0.2) is 16.8 Å². The summed E-state index contributed by atoms with van der Waals surface area (Å²) >= 11 is 1.29. The van der Waals surface area contributed by atoms with Crippen molar-refractivity contribution in [2.24, 2.45) is 11.8 Å². The number of anilines is 1. The van der Waals surface area contributed by atoms with E-state index in [2.05, 4.69) is 15.3 Å². The van der Waals surface area contributed by atoms with Gasteiger partial charge >= 0.3 is 0 Å². The number of nitrogens with one attached hydrogen (secondary N) is 1. The van der Waals surface area contributed by atoms with Crippen LogP contribution < -0.4 is 10.2 Å². The number of amides is 2. The van der Waals surface area contributed by atoms with Gasteiger partial charge in [0.25, 0.3) is 0 Å². The summed E-state index contributed by atoms with van der Waals surface area (Å²) in [5.74, 6) is -0.907. The quantitative estimate of drug-likeness (QED) is 0.199. The number of thioether (sulfide) groups is 1. The van der Waals surface area contributed by atoms with Gasteiger partial charge in [0, 0.05) is 14.1 Å². The van der Waals surface area contributed by atoms with Gasteiger partial charge in [-0.05, 0) is 18.6 Å². The highest BCUT2D eigenvalue weighted by atomic mass is 32.2. The Morgan fingerprint density at radius 3 is 2.64 bits per heavy atom. The fraction of sp³-hybridized carbons (Fsp3) is 0.667. The molecule has 0 spiro atoms. The van der Waals surface area contributed by atoms with Gasteiger partial charge in [0.1, 0.15) is 5.69 Å². The van der Waals surface area contributed by atoms with Crippen molar-refractivity contribution < 1.29 is 19.2 Å². The van der Waals surface area contributed by atoms with Crippen molar-refractivity contribution in [1.29, 1.82) is 0 Å². The zero-order valence-electron chi connectivity index (χ0n) is 16.5. The molecular weight excluding hydrogens is 385 g/mol. The summed E-state index contributed by atoms with van der Waals surface area (Å²) in [5, 5.41) is 13.2. The number of hydrogen-bond donors (Lipinski definition) is 2. The lowest BCUT2D eigenvalue weighted by Gasteiger charge is -2.22. The molecule has 8 nitrogen and oxygen atoms in total. The molecule has 28 heavy (non-hydrogen) atoms. The monoisotopic (exact) mass is 413 g/mol. The van der Waals surface area contributed by atoms with Gasteiger partial charge in [-0.1, -0.05) is 37.4 Å². The van der Waals surface area contributed by atoms with Crippen molar-refractivity contribution in [2.45, 2.75) is 43.8 Å². The van der Waals surface area contributed by atoms with Gasteiger partial charge < -0.3 is 10.2 Å². The first kappa shape index (κ1) is 22.4. The molecule has 1 aliphatic rings. The van der Waals surface area contributed by atoms with Crippen molar-refractivity contribution in [2.75, 3.05) is 31.8 Å². The number of hydroxylamine groups is 2. The maximum atomic E-state index is 14.7. The van der Waals surface area contributed by atoms with Crippen molar-refractivity contribution in [1.82, 2.24) is 20.3 Å². The first-order valence-electron chi connectivity index (χ1n) is 9.32. The number of halogens is 1. The minimum Gasteiger partial charge on any atom is -0.360 e. The summed E-state index contributed by atoms with van der Waals surface area (Å²) in [6.07, 6.45) is 7.01. The molecule has 10 heteroatoms. The zero-order chi connectivity index (χ0) is 20.7. The lowest BCUT2D eigenvalue weighted by molar-refractivity contribution is -0.155. The normalized spacial score (nSPS) is 15.3. The third-order valence-corrected chi connectivity index (χ3v) is 5.46. The topological polar surface area (TPSA) is 98.7 Å². The van der Waals surface area contributed by atoms with Crippen LogP contribution in [0.15, 0.2) is 5.16 Å². The maximum Gasteiger partial charge on any atom is 0.233 e. The standard InChI is InChI=1S/C18H28FN5O3S/c1-23(2)16-15(19)14(21-18(22-16)28-3)9-20-17(26)13(10-24(27)11-25)8-12-6-4-5-7-12/h11-13,27H,4-10H2,1-3H3,(H,20,26)/t13-/m1/s1. The molecule has 0 saturated heterocycles. The molecule has 1 fully saturated rings. The second-order valence-corrected chi connectivity index (χ2v) is 7.99. The Kier molecular flexibility index (Phi) is 8.43. The molecule has 0 aromatic carbocycles. The summed E-state index contributed by atoms with van der Waals surface area (Å²) < 4.78 is 14.7. The van der Waals surface area contributed by atoms with Gasteiger partial charge in [-0.15, -0.1) is 0 Å². The maximum absolute atomic E-state index is 14.7. The fourth-order valence-corrected chi connectivity index (χ4v) is 3.84. The Hall–Kier alpha value is -1.94. The third-order valence-electron chi connectivity index (χ3n) is 4.91. The molecule has 2 N–H and O–H groups in total. The van der Waals surface area contributed by atoms with Crippen LogP contribution in [0, 0.1) is 17.7 Å². The Morgan fingerprint density at radius 2 is 2.07 bits per heavy atom. The average Bonchev–Trinajstić information content (AvgIpc) is 3.19. The molecule has 1 aromatic rings. The second kappa shape index (κ2) is 10.6. The lowest BCUT2D eigenvalue weighted by atomic mass is 9.92. The van der Waals surface area contributed by atoms with Crippen molar-refractivity contribution >= 4 is 29.9 Å². The van der Waals surface area contributed by atoms with Gasteiger partial charge in [-0.3, -0.25) is 14.8 Å². The lowest BCUT2D eigenvalue weighted by Crippen LogP contribution is -2.38. The number of carbonyl (C=O) groups is 2. The Balaban J connectivity index is 2.10. The number of carbonyl (C=O) groups excluding carboxylic acids is 2. The van der Waals surface area contributed by atoms with Gasteiger partial charge in [0.2, 0.25) is 12.3 Å². The highest BCUT2D eigenvalue weighted by Crippen LogP contribution is 2.30. The van der Waals surface area contributed by atoms with E-state index in [1.807, 2.05) is 0 Å². The van der Waals surface area contributed by atoms with Gasteiger partial charge in [-0.2, -0.15) is 0 Å². The molecule has 1 atom stereocenters. The first-order chi connectivity index (χ1) is 13.3. The van der Waals surface area contributed by atoms with E-state index in [0.717, 1.165) is 25.7 Å². The molecule has 1 aromatic heterocycles. The third kappa shape index (κ3) is 6.03. The summed E-state index contributed by atoms with van der Waals surface area (Å²) in [4.78, 5) is 33.3. The molecule has 2 rings (SSSR count). The molecule has 0 aliphatic heterocycles. The molecule has 1 saturated carbocycles. The van der Waals surface area contributed by atoms with E-state index in [4.69, 9.17) is 0 Å². The minimum absolute atomic E-state index is 0.0862. The largest absolute Gasteiger partial charge is 0.360 e. The number of nitrogens with zero attached hydrogens (tertiary/aromatic N) is 4. The Labute approximate surface area is 168 Å². The van der Waals surface area contributed by atoms with E-state index in [1.54, 1.807) is 25.3 Å². The molecule has 0 bridgehead atoms. The van der Waals surface area contributed by atoms with Crippen LogP contribution in [0.25, 0.3) is 0 Å². The van der Waals surface area contributed by atoms with E-state index < -0.39 is 11.7 Å². The van der Waals surface area contributed by atoms with E-state index in [1.165, 1.54) is 11.8 Å². The number of rotatable bonds is 10. The van der Waals surface area contributed by atoms with E-state index >= 15 is 0 Å². The minimum atomic E-state index is -0.577. The first-order valence-corrected chi connectivity index (χ1v) is 10.5. The van der Waals surface area contributed by atoms with Crippen LogP contribution in [0.2, 0.25) is 0 Å². The summed E-state index contributed by atoms with van der Waals surface area (Å²) in [6.45, 7) is -0.174. The fourth-order valence-electron chi connectivity index (χ4n) is 3.46. The van der Waals surface area contributed by atoms with Crippen LogP contribution >= 0.6 is 11.8 Å². The van der Waals surface area contributed by atoms with Gasteiger partial charge in [0.05, 0.1) is 19.0 Å². The van der Waals surface area contributed by atoms with Crippen LogP contribution in [0.3, 0.4) is 0 Å². The van der Waals surface area contributed by atoms with E-state index in [9.17, 15) is 19.2 Å². The van der Waals surface area contributed by atoms with E-state index in [-0.39, 0.29) is 36.9 Å². The van der Waals surface area contributed by atoms with Crippen molar-refractivity contribution in [3.8, 4) is 0 Å². The number of hydrogen-bond acceptors (Lipinski definition) is 7. The highest BCUT2D eigenvalue weighted by Gasteiger charge is 2.27. The molecule has 1 heterocycles. The molecule has 2 amide bonds. The predicted molar refractivity (Wildman–Crippen MR) is 105 cm³/mol.